The van der Waals surface area contributed by atoms with Gasteiger partial charge in [-0.3, -0.25) is 4.79 Å². The van der Waals surface area contributed by atoms with Crippen molar-refractivity contribution in [2.45, 2.75) is 20.0 Å². The molecule has 0 radical (unpaired) electrons. The summed E-state index contributed by atoms with van der Waals surface area (Å²) in [5.74, 6) is -0.191. The lowest BCUT2D eigenvalue weighted by Gasteiger charge is -2.13. The fourth-order valence-electron chi connectivity index (χ4n) is 2.04. The van der Waals surface area contributed by atoms with E-state index < -0.39 is 0 Å². The van der Waals surface area contributed by atoms with Crippen molar-refractivity contribution in [1.29, 1.82) is 0 Å². The number of benzene rings is 1. The third kappa shape index (κ3) is 3.70. The fourth-order valence-corrected chi connectivity index (χ4v) is 2.04. The molecule has 1 aromatic carbocycles. The Labute approximate surface area is 124 Å². The molecule has 5 nitrogen and oxygen atoms in total. The van der Waals surface area contributed by atoms with Crippen LogP contribution in [0.2, 0.25) is 0 Å². The highest BCUT2D eigenvalue weighted by atomic mass is 16.5. The molecule has 0 aliphatic carbocycles. The molecule has 0 fully saturated rings. The SMILES string of the molecule is CCNc1cc(C(=O)NCC(C)OC)nc2ccccc12. The zero-order valence-electron chi connectivity index (χ0n) is 12.6. The van der Waals surface area contributed by atoms with E-state index in [4.69, 9.17) is 4.74 Å². The molecule has 5 heteroatoms. The van der Waals surface area contributed by atoms with Gasteiger partial charge in [0.25, 0.3) is 5.91 Å². The van der Waals surface area contributed by atoms with Crippen molar-refractivity contribution in [3.8, 4) is 0 Å². The maximum Gasteiger partial charge on any atom is 0.270 e. The summed E-state index contributed by atoms with van der Waals surface area (Å²) in [5.41, 5.74) is 2.14. The van der Waals surface area contributed by atoms with E-state index in [-0.39, 0.29) is 12.0 Å². The number of nitrogens with zero attached hydrogens (tertiary/aromatic N) is 1. The van der Waals surface area contributed by atoms with Gasteiger partial charge < -0.3 is 15.4 Å². The molecule has 1 unspecified atom stereocenters. The maximum atomic E-state index is 12.2. The van der Waals surface area contributed by atoms with Crippen LogP contribution in [0, 0.1) is 0 Å². The number of ether oxygens (including phenoxy) is 1. The van der Waals surface area contributed by atoms with E-state index in [1.165, 1.54) is 0 Å². The fraction of sp³-hybridized carbons (Fsp3) is 0.375. The van der Waals surface area contributed by atoms with E-state index in [0.29, 0.717) is 12.2 Å². The van der Waals surface area contributed by atoms with Gasteiger partial charge in [0, 0.05) is 31.3 Å². The van der Waals surface area contributed by atoms with Crippen molar-refractivity contribution < 1.29 is 9.53 Å². The normalized spacial score (nSPS) is 12.1. The van der Waals surface area contributed by atoms with Gasteiger partial charge in [-0.1, -0.05) is 18.2 Å². The quantitative estimate of drug-likeness (QED) is 0.856. The zero-order valence-corrected chi connectivity index (χ0v) is 12.6. The number of para-hydroxylation sites is 1. The highest BCUT2D eigenvalue weighted by Gasteiger charge is 2.12. The molecule has 1 atom stereocenters. The van der Waals surface area contributed by atoms with E-state index in [1.807, 2.05) is 38.1 Å². The first-order chi connectivity index (χ1) is 10.2. The second kappa shape index (κ2) is 7.04. The molecular weight excluding hydrogens is 266 g/mol. The van der Waals surface area contributed by atoms with E-state index in [0.717, 1.165) is 23.1 Å². The van der Waals surface area contributed by atoms with Crippen molar-refractivity contribution in [1.82, 2.24) is 10.3 Å². The standard InChI is InChI=1S/C16H21N3O2/c1-4-17-14-9-15(16(20)18-10-11(2)21-3)19-13-8-6-5-7-12(13)14/h5-9,11H,4,10H2,1-3H3,(H,17,19)(H,18,20). The van der Waals surface area contributed by atoms with Crippen LogP contribution in [0.1, 0.15) is 24.3 Å². The molecule has 0 saturated carbocycles. The Balaban J connectivity index is 2.29. The summed E-state index contributed by atoms with van der Waals surface area (Å²) < 4.78 is 5.12. The molecule has 2 N–H and O–H groups in total. The van der Waals surface area contributed by atoms with Gasteiger partial charge in [0.1, 0.15) is 5.69 Å². The molecule has 0 bridgehead atoms. The molecule has 21 heavy (non-hydrogen) atoms. The number of aromatic nitrogens is 1. The van der Waals surface area contributed by atoms with Gasteiger partial charge >= 0.3 is 0 Å². The number of methoxy groups -OCH3 is 1. The summed E-state index contributed by atoms with van der Waals surface area (Å²) in [6.07, 6.45) is -0.0253. The summed E-state index contributed by atoms with van der Waals surface area (Å²) in [6, 6.07) is 9.57. The number of hydrogen-bond acceptors (Lipinski definition) is 4. The monoisotopic (exact) mass is 287 g/mol. The summed E-state index contributed by atoms with van der Waals surface area (Å²) in [4.78, 5) is 16.6. The lowest BCUT2D eigenvalue weighted by molar-refractivity contribution is 0.0866. The van der Waals surface area contributed by atoms with Crippen molar-refractivity contribution >= 4 is 22.5 Å². The molecule has 112 valence electrons. The van der Waals surface area contributed by atoms with Gasteiger partial charge in [-0.2, -0.15) is 0 Å². The predicted molar refractivity (Wildman–Crippen MR) is 84.7 cm³/mol. The molecule has 1 aromatic heterocycles. The van der Waals surface area contributed by atoms with Gasteiger partial charge in [0.15, 0.2) is 0 Å². The Morgan fingerprint density at radius 3 is 2.86 bits per heavy atom. The number of fused-ring (bicyclic) bond motifs is 1. The molecule has 1 heterocycles. The van der Waals surface area contributed by atoms with Gasteiger partial charge in [-0.25, -0.2) is 4.98 Å². The average molecular weight is 287 g/mol. The van der Waals surface area contributed by atoms with Crippen LogP contribution in [0.4, 0.5) is 5.69 Å². The van der Waals surface area contributed by atoms with E-state index >= 15 is 0 Å². The summed E-state index contributed by atoms with van der Waals surface area (Å²) in [5, 5.41) is 7.12. The van der Waals surface area contributed by atoms with Crippen LogP contribution in [-0.4, -0.2) is 37.2 Å². The zero-order chi connectivity index (χ0) is 15.2. The molecular formula is C16H21N3O2. The first kappa shape index (κ1) is 15.3. The number of rotatable bonds is 6. The van der Waals surface area contributed by atoms with Crippen LogP contribution in [0.25, 0.3) is 10.9 Å². The van der Waals surface area contributed by atoms with Gasteiger partial charge in [-0.05, 0) is 26.0 Å². The second-order valence-corrected chi connectivity index (χ2v) is 4.86. The first-order valence-electron chi connectivity index (χ1n) is 7.10. The Kier molecular flexibility index (Phi) is 5.11. The van der Waals surface area contributed by atoms with Crippen molar-refractivity contribution in [3.05, 3.63) is 36.0 Å². The maximum absolute atomic E-state index is 12.2. The minimum Gasteiger partial charge on any atom is -0.385 e. The number of nitrogens with one attached hydrogen (secondary N) is 2. The van der Waals surface area contributed by atoms with E-state index in [9.17, 15) is 4.79 Å². The Morgan fingerprint density at radius 2 is 2.14 bits per heavy atom. The number of carbonyl (C=O) groups is 1. The molecule has 0 aliphatic rings. The van der Waals surface area contributed by atoms with Crippen LogP contribution in [-0.2, 0) is 4.74 Å². The van der Waals surface area contributed by atoms with Crippen LogP contribution in [0.3, 0.4) is 0 Å². The lowest BCUT2D eigenvalue weighted by atomic mass is 10.1. The van der Waals surface area contributed by atoms with Crippen LogP contribution >= 0.6 is 0 Å². The molecule has 2 aromatic rings. The Morgan fingerprint density at radius 1 is 1.38 bits per heavy atom. The third-order valence-electron chi connectivity index (χ3n) is 3.27. The highest BCUT2D eigenvalue weighted by molar-refractivity contribution is 5.99. The number of carbonyl (C=O) groups excluding carboxylic acids is 1. The molecule has 0 saturated heterocycles. The van der Waals surface area contributed by atoms with Crippen molar-refractivity contribution in [2.75, 3.05) is 25.5 Å². The highest BCUT2D eigenvalue weighted by Crippen LogP contribution is 2.22. The smallest absolute Gasteiger partial charge is 0.270 e. The summed E-state index contributed by atoms with van der Waals surface area (Å²) in [7, 11) is 1.62. The van der Waals surface area contributed by atoms with E-state index in [2.05, 4.69) is 15.6 Å². The first-order valence-corrected chi connectivity index (χ1v) is 7.10. The molecule has 0 spiro atoms. The van der Waals surface area contributed by atoms with Crippen LogP contribution < -0.4 is 10.6 Å². The van der Waals surface area contributed by atoms with Gasteiger partial charge in [-0.15, -0.1) is 0 Å². The van der Waals surface area contributed by atoms with Gasteiger partial charge in [0.05, 0.1) is 11.6 Å². The van der Waals surface area contributed by atoms with Crippen molar-refractivity contribution in [2.24, 2.45) is 0 Å². The summed E-state index contributed by atoms with van der Waals surface area (Å²) >= 11 is 0. The Bertz CT molecular complexity index is 628. The topological polar surface area (TPSA) is 63.2 Å². The minimum atomic E-state index is -0.191. The second-order valence-electron chi connectivity index (χ2n) is 4.86. The number of hydrogen-bond donors (Lipinski definition) is 2. The van der Waals surface area contributed by atoms with Crippen LogP contribution in [0.15, 0.2) is 30.3 Å². The molecule has 2 rings (SSSR count). The average Bonchev–Trinajstić information content (AvgIpc) is 2.52. The van der Waals surface area contributed by atoms with Crippen LogP contribution in [0.5, 0.6) is 0 Å². The molecule has 0 aliphatic heterocycles. The lowest BCUT2D eigenvalue weighted by Crippen LogP contribution is -2.32. The summed E-state index contributed by atoms with van der Waals surface area (Å²) in [6.45, 7) is 5.17. The minimum absolute atomic E-state index is 0.0253. The predicted octanol–water partition coefficient (Wildman–Crippen LogP) is 2.43. The number of pyridine rings is 1. The van der Waals surface area contributed by atoms with Gasteiger partial charge in [0.2, 0.25) is 0 Å². The van der Waals surface area contributed by atoms with E-state index in [1.54, 1.807) is 13.2 Å². The number of anilines is 1. The Hall–Kier alpha value is -2.14. The molecule has 1 amide bonds. The third-order valence-corrected chi connectivity index (χ3v) is 3.27. The number of amides is 1. The van der Waals surface area contributed by atoms with Crippen molar-refractivity contribution in [3.63, 3.8) is 0 Å². The largest absolute Gasteiger partial charge is 0.385 e.